The second-order valence-electron chi connectivity index (χ2n) is 2.75. The van der Waals surface area contributed by atoms with Crippen molar-refractivity contribution >= 4 is 5.91 Å². The largest absolute Gasteiger partial charge is 0.358 e. The molecule has 0 saturated heterocycles. The van der Waals surface area contributed by atoms with Gasteiger partial charge in [0.2, 0.25) is 5.91 Å². The van der Waals surface area contributed by atoms with Crippen LogP contribution in [0.4, 0.5) is 0 Å². The summed E-state index contributed by atoms with van der Waals surface area (Å²) in [6.45, 7) is 0.894. The molecule has 0 spiro atoms. The Kier molecular flexibility index (Phi) is 3.45. The fourth-order valence-corrected chi connectivity index (χ4v) is 1.01. The van der Waals surface area contributed by atoms with Crippen molar-refractivity contribution < 1.29 is 4.79 Å². The number of aromatic nitrogens is 2. The quantitative estimate of drug-likeness (QED) is 0.635. The Bertz CT molecular complexity index is 281. The van der Waals surface area contributed by atoms with E-state index >= 15 is 0 Å². The van der Waals surface area contributed by atoms with Crippen LogP contribution in [-0.2, 0) is 17.8 Å². The van der Waals surface area contributed by atoms with E-state index in [1.165, 1.54) is 0 Å². The molecule has 13 heavy (non-hydrogen) atoms. The minimum absolute atomic E-state index is 0.0308. The Hall–Kier alpha value is -1.36. The average molecular weight is 182 g/mol. The van der Waals surface area contributed by atoms with E-state index in [0.29, 0.717) is 13.1 Å². The van der Waals surface area contributed by atoms with E-state index in [0.717, 1.165) is 12.1 Å². The molecule has 3 N–H and O–H groups in total. The van der Waals surface area contributed by atoms with E-state index < -0.39 is 0 Å². The third-order valence-corrected chi connectivity index (χ3v) is 1.69. The number of carbonyl (C=O) groups is 1. The Balaban J connectivity index is 2.53. The molecule has 1 rings (SSSR count). The summed E-state index contributed by atoms with van der Waals surface area (Å²) in [6, 6.07) is 0. The topological polar surface area (TPSA) is 72.9 Å². The molecule has 72 valence electrons. The van der Waals surface area contributed by atoms with Crippen LogP contribution in [0.15, 0.2) is 12.5 Å². The zero-order valence-corrected chi connectivity index (χ0v) is 7.66. The van der Waals surface area contributed by atoms with Gasteiger partial charge in [-0.1, -0.05) is 0 Å². The van der Waals surface area contributed by atoms with Crippen molar-refractivity contribution in [3.8, 4) is 0 Å². The third-order valence-electron chi connectivity index (χ3n) is 1.69. The fraction of sp³-hybridized carbons (Fsp3) is 0.500. The molecular formula is C8H14N4O. The summed E-state index contributed by atoms with van der Waals surface area (Å²) in [4.78, 5) is 15.1. The number of likely N-dealkylation sites (N-methyl/N-ethyl adjacent to an activating group) is 1. The molecule has 0 unspecified atom stereocenters. The van der Waals surface area contributed by atoms with Crippen LogP contribution in [-0.4, -0.2) is 29.1 Å². The van der Waals surface area contributed by atoms with Crippen LogP contribution in [0, 0.1) is 0 Å². The van der Waals surface area contributed by atoms with Gasteiger partial charge in [0.15, 0.2) is 0 Å². The molecule has 0 aliphatic rings. The van der Waals surface area contributed by atoms with E-state index in [-0.39, 0.29) is 5.91 Å². The molecule has 1 aromatic rings. The number of imidazole rings is 1. The van der Waals surface area contributed by atoms with Crippen molar-refractivity contribution in [3.63, 3.8) is 0 Å². The standard InChI is InChI=1S/C8H14N4O/c1-10-8(13)5-12-4-7(2-3-9)11-6-12/h4,6H,2-3,5,9H2,1H3,(H,10,13). The number of carbonyl (C=O) groups excluding carboxylic acids is 1. The van der Waals surface area contributed by atoms with Gasteiger partial charge in [-0.05, 0) is 6.54 Å². The first-order valence-corrected chi connectivity index (χ1v) is 4.17. The zero-order valence-electron chi connectivity index (χ0n) is 7.66. The summed E-state index contributed by atoms with van der Waals surface area (Å²) in [5, 5.41) is 2.54. The number of nitrogens with one attached hydrogen (secondary N) is 1. The highest BCUT2D eigenvalue weighted by atomic mass is 16.1. The first-order chi connectivity index (χ1) is 6.26. The van der Waals surface area contributed by atoms with Gasteiger partial charge >= 0.3 is 0 Å². The predicted molar refractivity (Wildman–Crippen MR) is 49.1 cm³/mol. The first-order valence-electron chi connectivity index (χ1n) is 4.17. The Morgan fingerprint density at radius 1 is 1.77 bits per heavy atom. The van der Waals surface area contributed by atoms with Gasteiger partial charge in [-0.15, -0.1) is 0 Å². The van der Waals surface area contributed by atoms with Gasteiger partial charge in [0.1, 0.15) is 6.54 Å². The third kappa shape index (κ3) is 2.87. The van der Waals surface area contributed by atoms with Crippen molar-refractivity contribution in [1.29, 1.82) is 0 Å². The van der Waals surface area contributed by atoms with Gasteiger partial charge in [-0.3, -0.25) is 4.79 Å². The molecule has 0 bridgehead atoms. The molecule has 1 aromatic heterocycles. The van der Waals surface area contributed by atoms with Crippen molar-refractivity contribution in [1.82, 2.24) is 14.9 Å². The van der Waals surface area contributed by atoms with Crippen LogP contribution >= 0.6 is 0 Å². The Morgan fingerprint density at radius 3 is 3.15 bits per heavy atom. The van der Waals surface area contributed by atoms with Crippen molar-refractivity contribution in [3.05, 3.63) is 18.2 Å². The van der Waals surface area contributed by atoms with Gasteiger partial charge in [0.05, 0.1) is 12.0 Å². The highest BCUT2D eigenvalue weighted by molar-refractivity contribution is 5.75. The maximum absolute atomic E-state index is 11.0. The lowest BCUT2D eigenvalue weighted by atomic mass is 10.3. The van der Waals surface area contributed by atoms with Crippen molar-refractivity contribution in [2.24, 2.45) is 5.73 Å². The maximum atomic E-state index is 11.0. The lowest BCUT2D eigenvalue weighted by molar-refractivity contribution is -0.121. The summed E-state index contributed by atoms with van der Waals surface area (Å²) in [7, 11) is 1.61. The van der Waals surface area contributed by atoms with Crippen LogP contribution in [0.3, 0.4) is 0 Å². The summed E-state index contributed by atoms with van der Waals surface area (Å²) >= 11 is 0. The highest BCUT2D eigenvalue weighted by Gasteiger charge is 2.01. The SMILES string of the molecule is CNC(=O)Cn1cnc(CCN)c1. The average Bonchev–Trinajstić information content (AvgIpc) is 2.53. The molecule has 1 heterocycles. The molecule has 1 amide bonds. The fourth-order valence-electron chi connectivity index (χ4n) is 1.01. The van der Waals surface area contributed by atoms with Gasteiger partial charge < -0.3 is 15.6 Å². The normalized spacial score (nSPS) is 10.0. The highest BCUT2D eigenvalue weighted by Crippen LogP contribution is 1.95. The summed E-state index contributed by atoms with van der Waals surface area (Å²) in [5.41, 5.74) is 6.29. The Morgan fingerprint density at radius 2 is 2.54 bits per heavy atom. The van der Waals surface area contributed by atoms with Gasteiger partial charge in [-0.2, -0.15) is 0 Å². The molecule has 0 aromatic carbocycles. The predicted octanol–water partition coefficient (Wildman–Crippen LogP) is -0.870. The van der Waals surface area contributed by atoms with Crippen LogP contribution in [0.5, 0.6) is 0 Å². The number of nitrogens with two attached hydrogens (primary N) is 1. The summed E-state index contributed by atoms with van der Waals surface area (Å²) in [6.07, 6.45) is 4.23. The molecule has 5 nitrogen and oxygen atoms in total. The van der Waals surface area contributed by atoms with Gasteiger partial charge in [-0.25, -0.2) is 4.98 Å². The monoisotopic (exact) mass is 182 g/mol. The molecule has 0 radical (unpaired) electrons. The summed E-state index contributed by atoms with van der Waals surface area (Å²) in [5.74, 6) is -0.0308. The van der Waals surface area contributed by atoms with E-state index in [1.807, 2.05) is 6.20 Å². The molecule has 0 aliphatic carbocycles. The zero-order chi connectivity index (χ0) is 9.68. The molecule has 0 fully saturated rings. The van der Waals surface area contributed by atoms with Crippen LogP contribution in [0.2, 0.25) is 0 Å². The number of rotatable bonds is 4. The van der Waals surface area contributed by atoms with Gasteiger partial charge in [0.25, 0.3) is 0 Å². The van der Waals surface area contributed by atoms with Crippen LogP contribution in [0.1, 0.15) is 5.69 Å². The Labute approximate surface area is 76.9 Å². The van der Waals surface area contributed by atoms with Crippen molar-refractivity contribution in [2.75, 3.05) is 13.6 Å². The molecular weight excluding hydrogens is 168 g/mol. The van der Waals surface area contributed by atoms with Crippen molar-refractivity contribution in [2.45, 2.75) is 13.0 Å². The minimum Gasteiger partial charge on any atom is -0.358 e. The van der Waals surface area contributed by atoms with Gasteiger partial charge in [0, 0.05) is 19.7 Å². The van der Waals surface area contributed by atoms with E-state index in [9.17, 15) is 4.79 Å². The lowest BCUT2D eigenvalue weighted by Gasteiger charge is -1.98. The number of hydrogen-bond donors (Lipinski definition) is 2. The summed E-state index contributed by atoms with van der Waals surface area (Å²) < 4.78 is 1.74. The molecule has 5 heteroatoms. The number of hydrogen-bond acceptors (Lipinski definition) is 3. The minimum atomic E-state index is -0.0308. The van der Waals surface area contributed by atoms with Crippen LogP contribution < -0.4 is 11.1 Å². The second kappa shape index (κ2) is 4.61. The lowest BCUT2D eigenvalue weighted by Crippen LogP contribution is -2.22. The van der Waals surface area contributed by atoms with E-state index in [4.69, 9.17) is 5.73 Å². The maximum Gasteiger partial charge on any atom is 0.239 e. The molecule has 0 aliphatic heterocycles. The smallest absolute Gasteiger partial charge is 0.239 e. The number of nitrogens with zero attached hydrogens (tertiary/aromatic N) is 2. The molecule has 0 saturated carbocycles. The second-order valence-corrected chi connectivity index (χ2v) is 2.75. The first kappa shape index (κ1) is 9.73. The van der Waals surface area contributed by atoms with E-state index in [2.05, 4.69) is 10.3 Å². The number of amides is 1. The molecule has 0 atom stereocenters. The van der Waals surface area contributed by atoms with E-state index in [1.54, 1.807) is 17.9 Å². The van der Waals surface area contributed by atoms with Crippen LogP contribution in [0.25, 0.3) is 0 Å².